The van der Waals surface area contributed by atoms with Gasteiger partial charge < -0.3 is 9.88 Å². The zero-order valence-electron chi connectivity index (χ0n) is 17.3. The molecule has 1 aliphatic heterocycles. The van der Waals surface area contributed by atoms with E-state index in [0.717, 1.165) is 24.3 Å². The van der Waals surface area contributed by atoms with Gasteiger partial charge in [-0.15, -0.1) is 10.2 Å². The lowest BCUT2D eigenvalue weighted by Gasteiger charge is -2.20. The molecule has 1 amide bonds. The summed E-state index contributed by atoms with van der Waals surface area (Å²) in [7, 11) is 0. The monoisotopic (exact) mass is 447 g/mol. The molecule has 4 rings (SSSR count). The number of fused-ring (bicyclic) bond motifs is 1. The molecule has 0 radical (unpaired) electrons. The highest BCUT2D eigenvalue weighted by Gasteiger charge is 2.24. The fourth-order valence-corrected chi connectivity index (χ4v) is 3.84. The molecule has 1 N–H and O–H groups in total. The van der Waals surface area contributed by atoms with E-state index in [0.29, 0.717) is 49.8 Å². The largest absolute Gasteiger partial charge is 0.342 e. The van der Waals surface area contributed by atoms with Crippen molar-refractivity contribution in [2.75, 3.05) is 13.1 Å². The van der Waals surface area contributed by atoms with Crippen molar-refractivity contribution in [3.63, 3.8) is 0 Å². The topological polar surface area (TPSA) is 63.1 Å². The molecule has 1 unspecified atom stereocenters. The van der Waals surface area contributed by atoms with Gasteiger partial charge in [0.2, 0.25) is 0 Å². The molecule has 0 aliphatic carbocycles. The van der Waals surface area contributed by atoms with Crippen molar-refractivity contribution in [3.05, 3.63) is 82.4 Å². The van der Waals surface area contributed by atoms with Crippen molar-refractivity contribution in [2.45, 2.75) is 32.5 Å². The van der Waals surface area contributed by atoms with Crippen molar-refractivity contribution in [3.8, 4) is 0 Å². The van der Waals surface area contributed by atoms with Crippen LogP contribution in [0, 0.1) is 23.3 Å². The van der Waals surface area contributed by atoms with Crippen LogP contribution >= 0.6 is 0 Å². The Morgan fingerprint density at radius 1 is 1.00 bits per heavy atom. The van der Waals surface area contributed by atoms with E-state index in [4.69, 9.17) is 0 Å². The third-order valence-corrected chi connectivity index (χ3v) is 5.38. The zero-order valence-corrected chi connectivity index (χ0v) is 17.3. The molecule has 2 aromatic carbocycles. The summed E-state index contributed by atoms with van der Waals surface area (Å²) in [5.74, 6) is -2.31. The average Bonchev–Trinajstić information content (AvgIpc) is 3.04. The quantitative estimate of drug-likeness (QED) is 0.610. The van der Waals surface area contributed by atoms with Gasteiger partial charge in [-0.25, -0.2) is 17.6 Å². The predicted molar refractivity (Wildman–Crippen MR) is 108 cm³/mol. The van der Waals surface area contributed by atoms with E-state index in [1.807, 2.05) is 4.57 Å². The maximum atomic E-state index is 13.9. The number of amides is 1. The molecule has 168 valence electrons. The summed E-state index contributed by atoms with van der Waals surface area (Å²) in [5, 5.41) is 11.0. The molecule has 0 saturated carbocycles. The zero-order chi connectivity index (χ0) is 22.8. The van der Waals surface area contributed by atoms with Gasteiger partial charge in [-0.2, -0.15) is 0 Å². The Kier molecular flexibility index (Phi) is 6.22. The lowest BCUT2D eigenvalue weighted by molar-refractivity contribution is 0.0932. The maximum absolute atomic E-state index is 13.9. The number of halogens is 4. The van der Waals surface area contributed by atoms with Crippen molar-refractivity contribution in [1.29, 1.82) is 0 Å². The molecule has 0 bridgehead atoms. The molecule has 1 aliphatic rings. The number of nitrogens with zero attached hydrogens (tertiary/aromatic N) is 4. The molecule has 2 heterocycles. The molecule has 10 heteroatoms. The second-order valence-electron chi connectivity index (χ2n) is 7.75. The van der Waals surface area contributed by atoms with Gasteiger partial charge in [0.1, 0.15) is 29.1 Å². The summed E-state index contributed by atoms with van der Waals surface area (Å²) in [6.45, 7) is 3.77. The summed E-state index contributed by atoms with van der Waals surface area (Å²) in [4.78, 5) is 14.5. The first kappa shape index (κ1) is 21.9. The Morgan fingerprint density at radius 2 is 1.75 bits per heavy atom. The molecular formula is C22H21F4N5O. The first-order chi connectivity index (χ1) is 15.3. The minimum atomic E-state index is -0.819. The molecule has 3 aromatic rings. The van der Waals surface area contributed by atoms with E-state index in [-0.39, 0.29) is 5.56 Å². The van der Waals surface area contributed by atoms with E-state index in [9.17, 15) is 22.4 Å². The van der Waals surface area contributed by atoms with E-state index in [1.54, 1.807) is 6.92 Å². The fourth-order valence-electron chi connectivity index (χ4n) is 3.84. The standard InChI is InChI=1S/C22H21F4N5O/c1-13(27-22(32)18-11-15(23)2-3-19(18)26)21-29-28-20-4-5-30(6-7-31(20)21)12-14-8-16(24)10-17(25)9-14/h2-3,8-11,13H,4-7,12H2,1H3,(H,27,32). The Labute approximate surface area is 181 Å². The van der Waals surface area contributed by atoms with Crippen LogP contribution < -0.4 is 5.32 Å². The van der Waals surface area contributed by atoms with Crippen LogP contribution in [0.15, 0.2) is 36.4 Å². The van der Waals surface area contributed by atoms with Crippen molar-refractivity contribution >= 4 is 5.91 Å². The third kappa shape index (κ3) is 4.80. The number of hydrogen-bond donors (Lipinski definition) is 1. The van der Waals surface area contributed by atoms with Gasteiger partial charge in [0.25, 0.3) is 5.91 Å². The average molecular weight is 447 g/mol. The highest BCUT2D eigenvalue weighted by Crippen LogP contribution is 2.19. The van der Waals surface area contributed by atoms with Crippen molar-refractivity contribution < 1.29 is 22.4 Å². The lowest BCUT2D eigenvalue weighted by Crippen LogP contribution is -2.30. The van der Waals surface area contributed by atoms with Gasteiger partial charge in [0, 0.05) is 38.7 Å². The van der Waals surface area contributed by atoms with Gasteiger partial charge in [-0.3, -0.25) is 9.69 Å². The summed E-state index contributed by atoms with van der Waals surface area (Å²) >= 11 is 0. The van der Waals surface area contributed by atoms with Gasteiger partial charge in [0.15, 0.2) is 5.82 Å². The predicted octanol–water partition coefficient (Wildman–Crippen LogP) is 3.38. The van der Waals surface area contributed by atoms with Gasteiger partial charge in [0.05, 0.1) is 11.6 Å². The van der Waals surface area contributed by atoms with Crippen molar-refractivity contribution in [2.24, 2.45) is 0 Å². The molecule has 0 saturated heterocycles. The number of benzene rings is 2. The van der Waals surface area contributed by atoms with Gasteiger partial charge in [-0.05, 0) is 42.8 Å². The molecule has 6 nitrogen and oxygen atoms in total. The number of carbonyl (C=O) groups is 1. The second-order valence-corrected chi connectivity index (χ2v) is 7.75. The minimum Gasteiger partial charge on any atom is -0.342 e. The van der Waals surface area contributed by atoms with Gasteiger partial charge in [-0.1, -0.05) is 0 Å². The van der Waals surface area contributed by atoms with Crippen LogP contribution in [-0.2, 0) is 19.5 Å². The molecule has 32 heavy (non-hydrogen) atoms. The molecule has 1 aromatic heterocycles. The maximum Gasteiger partial charge on any atom is 0.254 e. The summed E-state index contributed by atoms with van der Waals surface area (Å²) in [6, 6.07) is 5.54. The number of nitrogens with one attached hydrogen (secondary N) is 1. The molecule has 0 fully saturated rings. The lowest BCUT2D eigenvalue weighted by atomic mass is 10.1. The number of aromatic nitrogens is 3. The molecular weight excluding hydrogens is 426 g/mol. The highest BCUT2D eigenvalue weighted by molar-refractivity contribution is 5.94. The second kappa shape index (κ2) is 9.07. The van der Waals surface area contributed by atoms with Gasteiger partial charge >= 0.3 is 0 Å². The van der Waals surface area contributed by atoms with E-state index in [2.05, 4.69) is 20.4 Å². The van der Waals surface area contributed by atoms with Crippen LogP contribution in [0.2, 0.25) is 0 Å². The van der Waals surface area contributed by atoms with Crippen LogP contribution in [0.4, 0.5) is 17.6 Å². The first-order valence-electron chi connectivity index (χ1n) is 10.2. The smallest absolute Gasteiger partial charge is 0.254 e. The Hall–Kier alpha value is -3.27. The highest BCUT2D eigenvalue weighted by atomic mass is 19.1. The first-order valence-corrected chi connectivity index (χ1v) is 10.2. The summed E-state index contributed by atoms with van der Waals surface area (Å²) in [6.07, 6.45) is 0.560. The van der Waals surface area contributed by atoms with E-state index in [1.165, 1.54) is 12.1 Å². The minimum absolute atomic E-state index is 0.382. The summed E-state index contributed by atoms with van der Waals surface area (Å²) in [5.41, 5.74) is 0.152. The molecule has 0 spiro atoms. The van der Waals surface area contributed by atoms with Crippen LogP contribution in [0.3, 0.4) is 0 Å². The van der Waals surface area contributed by atoms with Crippen LogP contribution in [0.25, 0.3) is 0 Å². The molecule has 1 atom stereocenters. The normalized spacial score (nSPS) is 15.2. The van der Waals surface area contributed by atoms with Crippen LogP contribution in [0.1, 0.15) is 40.5 Å². The summed E-state index contributed by atoms with van der Waals surface area (Å²) < 4.78 is 56.1. The van der Waals surface area contributed by atoms with Crippen LogP contribution in [0.5, 0.6) is 0 Å². The number of rotatable bonds is 5. The van der Waals surface area contributed by atoms with E-state index >= 15 is 0 Å². The van der Waals surface area contributed by atoms with Crippen molar-refractivity contribution in [1.82, 2.24) is 25.0 Å². The Balaban J connectivity index is 1.44. The number of carbonyl (C=O) groups excluding carboxylic acids is 1. The Bertz CT molecular complexity index is 1130. The fraction of sp³-hybridized carbons (Fsp3) is 0.318. The van der Waals surface area contributed by atoms with Crippen LogP contribution in [-0.4, -0.2) is 38.7 Å². The van der Waals surface area contributed by atoms with E-state index < -0.39 is 35.2 Å². The Morgan fingerprint density at radius 3 is 2.50 bits per heavy atom. The number of hydrogen-bond acceptors (Lipinski definition) is 4. The SMILES string of the molecule is CC(NC(=O)c1cc(F)ccc1F)c1nnc2n1CCN(Cc1cc(F)cc(F)c1)CC2. The third-order valence-electron chi connectivity index (χ3n) is 5.38.